The molecule has 1 saturated heterocycles. The number of phenols is 2. The van der Waals surface area contributed by atoms with Gasteiger partial charge in [-0.2, -0.15) is 0 Å². The molecule has 200 valence electrons. The Balaban J connectivity index is 1.93. The van der Waals surface area contributed by atoms with E-state index in [4.69, 9.17) is 28.1 Å². The van der Waals surface area contributed by atoms with E-state index in [9.17, 15) is 35.4 Å². The molecule has 6 N–H and O–H groups in total. The van der Waals surface area contributed by atoms with Gasteiger partial charge in [0.15, 0.2) is 28.8 Å². The minimum absolute atomic E-state index is 0.0540. The molecular formula is C24H26O13. The normalized spacial score (nSPS) is 23.6. The highest BCUT2D eigenvalue weighted by molar-refractivity contribution is 5.91. The average molecular weight is 522 g/mol. The maximum Gasteiger partial charge on any atom is 0.239 e. The number of fused-ring (bicyclic) bond motifs is 1. The van der Waals surface area contributed by atoms with Crippen LogP contribution < -0.4 is 24.4 Å². The van der Waals surface area contributed by atoms with E-state index >= 15 is 0 Å². The summed E-state index contributed by atoms with van der Waals surface area (Å²) in [5.41, 5.74) is -0.633. The first-order valence-corrected chi connectivity index (χ1v) is 11.0. The van der Waals surface area contributed by atoms with Gasteiger partial charge in [-0.25, -0.2) is 0 Å². The van der Waals surface area contributed by atoms with Crippen LogP contribution in [0.15, 0.2) is 33.5 Å². The number of phenolic OH excluding ortho intramolecular Hbond substituents is 2. The summed E-state index contributed by atoms with van der Waals surface area (Å²) in [4.78, 5) is 13.6. The summed E-state index contributed by atoms with van der Waals surface area (Å²) in [6, 6.07) is 5.31. The first-order valence-electron chi connectivity index (χ1n) is 11.0. The molecule has 0 unspecified atom stereocenters. The molecule has 0 radical (unpaired) electrons. The van der Waals surface area contributed by atoms with Crippen LogP contribution in [0.5, 0.6) is 34.5 Å². The predicted molar refractivity (Wildman–Crippen MR) is 125 cm³/mol. The first-order chi connectivity index (χ1) is 17.7. The van der Waals surface area contributed by atoms with Crippen LogP contribution >= 0.6 is 0 Å². The van der Waals surface area contributed by atoms with Crippen molar-refractivity contribution in [3.63, 3.8) is 0 Å². The van der Waals surface area contributed by atoms with Gasteiger partial charge in [-0.3, -0.25) is 4.79 Å². The Bertz CT molecular complexity index is 1350. The van der Waals surface area contributed by atoms with Gasteiger partial charge in [0.1, 0.15) is 35.4 Å². The SMILES string of the molecule is COc1cc(-c2oc3cc(O)c(OC)c(O[C@@H]4O[C@@H](CO)[C@@H](O)[C@H](O)[C@@H]4O)c3c(=O)c2OC)ccc1O. The molecular weight excluding hydrogens is 496 g/mol. The molecule has 2 aromatic carbocycles. The molecule has 0 amide bonds. The zero-order valence-electron chi connectivity index (χ0n) is 19.9. The Morgan fingerprint density at radius 3 is 2.19 bits per heavy atom. The van der Waals surface area contributed by atoms with Crippen molar-refractivity contribution in [1.29, 1.82) is 0 Å². The van der Waals surface area contributed by atoms with Crippen LogP contribution in [0.1, 0.15) is 0 Å². The van der Waals surface area contributed by atoms with E-state index in [0.29, 0.717) is 5.56 Å². The Morgan fingerprint density at radius 2 is 1.57 bits per heavy atom. The second-order valence-electron chi connectivity index (χ2n) is 8.13. The summed E-state index contributed by atoms with van der Waals surface area (Å²) in [6.45, 7) is -0.710. The third kappa shape index (κ3) is 4.47. The first kappa shape index (κ1) is 26.3. The molecule has 0 spiro atoms. The molecule has 2 heterocycles. The second-order valence-corrected chi connectivity index (χ2v) is 8.13. The minimum Gasteiger partial charge on any atom is -0.504 e. The van der Waals surface area contributed by atoms with Crippen LogP contribution in [0.4, 0.5) is 0 Å². The minimum atomic E-state index is -1.81. The van der Waals surface area contributed by atoms with E-state index in [-0.39, 0.29) is 39.7 Å². The van der Waals surface area contributed by atoms with Crippen LogP contribution in [-0.2, 0) is 4.74 Å². The van der Waals surface area contributed by atoms with Crippen molar-refractivity contribution in [2.24, 2.45) is 0 Å². The highest BCUT2D eigenvalue weighted by atomic mass is 16.7. The van der Waals surface area contributed by atoms with E-state index < -0.39 is 54.2 Å². The molecule has 4 rings (SSSR count). The number of hydrogen-bond donors (Lipinski definition) is 6. The smallest absolute Gasteiger partial charge is 0.239 e. The molecule has 1 fully saturated rings. The van der Waals surface area contributed by atoms with Gasteiger partial charge in [0.2, 0.25) is 23.2 Å². The van der Waals surface area contributed by atoms with Crippen molar-refractivity contribution in [2.75, 3.05) is 27.9 Å². The highest BCUT2D eigenvalue weighted by Gasteiger charge is 2.45. The topological polar surface area (TPSA) is 198 Å². The second kappa shape index (κ2) is 10.3. The quantitative estimate of drug-likeness (QED) is 0.244. The van der Waals surface area contributed by atoms with Gasteiger partial charge >= 0.3 is 0 Å². The Kier molecular flexibility index (Phi) is 7.34. The van der Waals surface area contributed by atoms with Gasteiger partial charge in [0, 0.05) is 11.6 Å². The molecule has 0 aliphatic carbocycles. The van der Waals surface area contributed by atoms with Crippen molar-refractivity contribution in [3.05, 3.63) is 34.5 Å². The highest BCUT2D eigenvalue weighted by Crippen LogP contribution is 2.45. The predicted octanol–water partition coefficient (Wildman–Crippen LogP) is 0.0757. The van der Waals surface area contributed by atoms with Gasteiger partial charge in [-0.05, 0) is 18.2 Å². The van der Waals surface area contributed by atoms with Crippen molar-refractivity contribution in [2.45, 2.75) is 30.7 Å². The molecule has 5 atom stereocenters. The molecule has 1 aliphatic rings. The standard InChI is InChI=1S/C24H26O13/c1-32-12-6-9(4-5-10(12)26)20-23(34-3)17(29)15-13(35-20)7-11(27)21(33-2)22(15)37-24-19(31)18(30)16(28)14(8-25)36-24/h4-7,14,16,18-19,24-28,30-31H,8H2,1-3H3/t14-,16+,18-,19-,24-/m0/s1. The average Bonchev–Trinajstić information content (AvgIpc) is 2.88. The number of aromatic hydroxyl groups is 2. The van der Waals surface area contributed by atoms with E-state index in [1.54, 1.807) is 0 Å². The largest absolute Gasteiger partial charge is 0.504 e. The molecule has 3 aromatic rings. The van der Waals surface area contributed by atoms with Crippen molar-refractivity contribution in [1.82, 2.24) is 0 Å². The number of benzene rings is 2. The molecule has 1 aromatic heterocycles. The molecule has 37 heavy (non-hydrogen) atoms. The fraction of sp³-hybridized carbons (Fsp3) is 0.375. The summed E-state index contributed by atoms with van der Waals surface area (Å²) in [6.07, 6.45) is -8.19. The number of hydrogen-bond acceptors (Lipinski definition) is 13. The number of methoxy groups -OCH3 is 3. The molecule has 1 aliphatic heterocycles. The zero-order valence-corrected chi connectivity index (χ0v) is 19.9. The van der Waals surface area contributed by atoms with Crippen molar-refractivity contribution < 1.29 is 58.7 Å². The van der Waals surface area contributed by atoms with Gasteiger partial charge in [0.05, 0.1) is 27.9 Å². The van der Waals surface area contributed by atoms with Crippen molar-refractivity contribution in [3.8, 4) is 45.8 Å². The lowest BCUT2D eigenvalue weighted by molar-refractivity contribution is -0.277. The van der Waals surface area contributed by atoms with E-state index in [2.05, 4.69) is 0 Å². The Morgan fingerprint density at radius 1 is 0.865 bits per heavy atom. The van der Waals surface area contributed by atoms with Gasteiger partial charge in [-0.1, -0.05) is 0 Å². The van der Waals surface area contributed by atoms with Crippen LogP contribution in [0, 0.1) is 0 Å². The fourth-order valence-corrected chi connectivity index (χ4v) is 4.06. The third-order valence-corrected chi connectivity index (χ3v) is 5.96. The van der Waals surface area contributed by atoms with Gasteiger partial charge < -0.3 is 58.7 Å². The lowest BCUT2D eigenvalue weighted by Gasteiger charge is -2.39. The van der Waals surface area contributed by atoms with Gasteiger partial charge in [0.25, 0.3) is 0 Å². The summed E-state index contributed by atoms with van der Waals surface area (Å²) in [5, 5.41) is 60.3. The number of rotatable bonds is 7. The summed E-state index contributed by atoms with van der Waals surface area (Å²) in [5.74, 6) is -1.61. The maximum atomic E-state index is 13.6. The lowest BCUT2D eigenvalue weighted by atomic mass is 9.99. The molecule has 0 bridgehead atoms. The fourth-order valence-electron chi connectivity index (χ4n) is 4.06. The van der Waals surface area contributed by atoms with E-state index in [0.717, 1.165) is 6.07 Å². The monoisotopic (exact) mass is 522 g/mol. The van der Waals surface area contributed by atoms with E-state index in [1.807, 2.05) is 0 Å². The maximum absolute atomic E-state index is 13.6. The van der Waals surface area contributed by atoms with Crippen molar-refractivity contribution >= 4 is 11.0 Å². The number of aliphatic hydroxyl groups is 4. The lowest BCUT2D eigenvalue weighted by Crippen LogP contribution is -2.60. The van der Waals surface area contributed by atoms with Crippen LogP contribution in [0.25, 0.3) is 22.3 Å². The summed E-state index contributed by atoms with van der Waals surface area (Å²) < 4.78 is 32.6. The zero-order chi connectivity index (χ0) is 27.0. The number of ether oxygens (including phenoxy) is 5. The van der Waals surface area contributed by atoms with Crippen LogP contribution in [-0.4, -0.2) is 89.3 Å². The van der Waals surface area contributed by atoms with Crippen LogP contribution in [0.3, 0.4) is 0 Å². The number of aliphatic hydroxyl groups excluding tert-OH is 4. The molecule has 13 nitrogen and oxygen atoms in total. The van der Waals surface area contributed by atoms with E-state index in [1.165, 1.54) is 39.5 Å². The third-order valence-electron chi connectivity index (χ3n) is 5.96. The Labute approximate surface area is 209 Å². The Hall–Kier alpha value is -3.75. The molecule has 0 saturated carbocycles. The summed E-state index contributed by atoms with van der Waals surface area (Å²) >= 11 is 0. The molecule has 13 heteroatoms. The summed E-state index contributed by atoms with van der Waals surface area (Å²) in [7, 11) is 3.77. The van der Waals surface area contributed by atoms with Gasteiger partial charge in [-0.15, -0.1) is 0 Å². The van der Waals surface area contributed by atoms with Crippen LogP contribution in [0.2, 0.25) is 0 Å².